The van der Waals surface area contributed by atoms with Crippen molar-refractivity contribution in [2.24, 2.45) is 0 Å². The largest absolute Gasteiger partial charge is 0.497 e. The maximum Gasteiger partial charge on any atom is 0.269 e. The first kappa shape index (κ1) is 23.5. The fourth-order valence-electron chi connectivity index (χ4n) is 3.89. The van der Waals surface area contributed by atoms with Crippen LogP contribution < -0.4 is 15.2 Å². The molecule has 2 N–H and O–H groups in total. The Hall–Kier alpha value is -3.62. The van der Waals surface area contributed by atoms with Crippen molar-refractivity contribution in [1.29, 1.82) is 0 Å². The summed E-state index contributed by atoms with van der Waals surface area (Å²) in [5.41, 5.74) is 9.38. The van der Waals surface area contributed by atoms with Crippen molar-refractivity contribution < 1.29 is 14.4 Å². The average molecular weight is 496 g/mol. The Bertz CT molecular complexity index is 1320. The molecule has 34 heavy (non-hydrogen) atoms. The summed E-state index contributed by atoms with van der Waals surface area (Å²) in [5.74, 6) is 1.01. The highest BCUT2D eigenvalue weighted by molar-refractivity contribution is 7.19. The number of ether oxygens (including phenoxy) is 2. The number of hydrogen-bond acceptors (Lipinski definition) is 7. The van der Waals surface area contributed by atoms with Gasteiger partial charge in [0, 0.05) is 34.2 Å². The van der Waals surface area contributed by atoms with Crippen LogP contribution in [0.25, 0.3) is 10.4 Å². The molecule has 4 aromatic rings. The van der Waals surface area contributed by atoms with Gasteiger partial charge in [-0.25, -0.2) is 4.98 Å². The van der Waals surface area contributed by atoms with Gasteiger partial charge >= 0.3 is 0 Å². The van der Waals surface area contributed by atoms with Gasteiger partial charge < -0.3 is 15.2 Å². The molecule has 0 aliphatic heterocycles. The summed E-state index contributed by atoms with van der Waals surface area (Å²) < 4.78 is 10.8. The highest BCUT2D eigenvalue weighted by Gasteiger charge is 2.26. The van der Waals surface area contributed by atoms with Gasteiger partial charge in [-0.1, -0.05) is 53.3 Å². The molecule has 1 unspecified atom stereocenters. The van der Waals surface area contributed by atoms with Crippen LogP contribution in [-0.4, -0.2) is 24.1 Å². The van der Waals surface area contributed by atoms with Gasteiger partial charge in [-0.05, 0) is 36.2 Å². The van der Waals surface area contributed by atoms with Crippen molar-refractivity contribution in [3.8, 4) is 21.9 Å². The van der Waals surface area contributed by atoms with Crippen LogP contribution >= 0.6 is 22.9 Å². The second kappa shape index (κ2) is 10.1. The molecule has 7 nitrogen and oxygen atoms in total. The molecule has 3 aromatic carbocycles. The lowest BCUT2D eigenvalue weighted by molar-refractivity contribution is -0.384. The first-order chi connectivity index (χ1) is 16.4. The van der Waals surface area contributed by atoms with Gasteiger partial charge in [-0.2, -0.15) is 0 Å². The van der Waals surface area contributed by atoms with E-state index in [2.05, 4.69) is 4.98 Å². The second-order valence-corrected chi connectivity index (χ2v) is 8.97. The van der Waals surface area contributed by atoms with E-state index in [0.29, 0.717) is 27.9 Å². The number of anilines is 1. The third-order valence-corrected chi connectivity index (χ3v) is 6.80. The lowest BCUT2D eigenvalue weighted by Crippen LogP contribution is -2.09. The van der Waals surface area contributed by atoms with Gasteiger partial charge in [0.15, 0.2) is 5.13 Å². The molecule has 0 aliphatic carbocycles. The number of nitro benzene ring substituents is 1. The molecule has 0 fully saturated rings. The molecule has 0 aliphatic rings. The van der Waals surface area contributed by atoms with Crippen molar-refractivity contribution in [2.75, 3.05) is 20.0 Å². The van der Waals surface area contributed by atoms with Crippen LogP contribution in [0.1, 0.15) is 22.7 Å². The van der Waals surface area contributed by atoms with Gasteiger partial charge in [-0.15, -0.1) is 0 Å². The van der Waals surface area contributed by atoms with E-state index in [0.717, 1.165) is 27.4 Å². The third-order valence-electron chi connectivity index (χ3n) is 5.54. The Morgan fingerprint density at radius 2 is 1.82 bits per heavy atom. The molecule has 1 heterocycles. The monoisotopic (exact) mass is 495 g/mol. The molecule has 1 aromatic heterocycles. The molecule has 9 heteroatoms. The molecular weight excluding hydrogens is 474 g/mol. The summed E-state index contributed by atoms with van der Waals surface area (Å²) >= 11 is 7.88. The van der Waals surface area contributed by atoms with Crippen LogP contribution in [0.15, 0.2) is 66.7 Å². The summed E-state index contributed by atoms with van der Waals surface area (Å²) in [4.78, 5) is 16.6. The molecule has 174 valence electrons. The molecule has 0 spiro atoms. The summed E-state index contributed by atoms with van der Waals surface area (Å²) in [6, 6.07) is 19.8. The second-order valence-electron chi connectivity index (χ2n) is 7.53. The zero-order valence-corrected chi connectivity index (χ0v) is 20.1. The number of methoxy groups -OCH3 is 2. The molecule has 0 amide bonds. The van der Waals surface area contributed by atoms with E-state index < -0.39 is 4.92 Å². The molecule has 1 atom stereocenters. The van der Waals surface area contributed by atoms with Crippen LogP contribution in [0.4, 0.5) is 10.8 Å². The SMILES string of the molecule is COc1ccc(C(Cc2cc([N+](=O)[O-])ccc2OC)c2nc(N)sc2-c2ccccc2Cl)cc1. The zero-order valence-electron chi connectivity index (χ0n) is 18.5. The lowest BCUT2D eigenvalue weighted by atomic mass is 9.87. The third kappa shape index (κ3) is 4.83. The predicted molar refractivity (Wildman–Crippen MR) is 135 cm³/mol. The van der Waals surface area contributed by atoms with Crippen molar-refractivity contribution in [2.45, 2.75) is 12.3 Å². The lowest BCUT2D eigenvalue weighted by Gasteiger charge is -2.20. The van der Waals surface area contributed by atoms with E-state index in [-0.39, 0.29) is 11.6 Å². The minimum Gasteiger partial charge on any atom is -0.497 e. The molecule has 0 saturated heterocycles. The van der Waals surface area contributed by atoms with Crippen LogP contribution in [0, 0.1) is 10.1 Å². The normalized spacial score (nSPS) is 11.7. The quantitative estimate of drug-likeness (QED) is 0.226. The number of hydrogen-bond donors (Lipinski definition) is 1. The minimum absolute atomic E-state index is 0.00611. The fraction of sp³-hybridized carbons (Fsp3) is 0.160. The van der Waals surface area contributed by atoms with Crippen LogP contribution in [0.2, 0.25) is 5.02 Å². The minimum atomic E-state index is -0.415. The number of halogens is 1. The van der Waals surface area contributed by atoms with Crippen LogP contribution in [-0.2, 0) is 6.42 Å². The highest BCUT2D eigenvalue weighted by atomic mass is 35.5. The van der Waals surface area contributed by atoms with E-state index in [4.69, 9.17) is 26.8 Å². The Morgan fingerprint density at radius 3 is 2.47 bits per heavy atom. The number of nitro groups is 1. The van der Waals surface area contributed by atoms with E-state index in [1.165, 1.54) is 17.4 Å². The van der Waals surface area contributed by atoms with Gasteiger partial charge in [0.1, 0.15) is 11.5 Å². The van der Waals surface area contributed by atoms with Crippen molar-refractivity contribution in [1.82, 2.24) is 4.98 Å². The number of non-ortho nitro benzene ring substituents is 1. The maximum absolute atomic E-state index is 11.4. The zero-order chi connectivity index (χ0) is 24.2. The summed E-state index contributed by atoms with van der Waals surface area (Å²) in [7, 11) is 3.15. The number of benzene rings is 3. The van der Waals surface area contributed by atoms with Gasteiger partial charge in [0.2, 0.25) is 0 Å². The van der Waals surface area contributed by atoms with Gasteiger partial charge in [0.25, 0.3) is 5.69 Å². The number of thiazole rings is 1. The molecule has 0 radical (unpaired) electrons. The van der Waals surface area contributed by atoms with Crippen molar-refractivity contribution >= 4 is 33.8 Å². The average Bonchev–Trinajstić information content (AvgIpc) is 3.23. The number of nitrogen functional groups attached to an aromatic ring is 1. The molecule has 0 saturated carbocycles. The topological polar surface area (TPSA) is 101 Å². The van der Waals surface area contributed by atoms with Crippen LogP contribution in [0.5, 0.6) is 11.5 Å². The Kier molecular flexibility index (Phi) is 7.00. The fourth-order valence-corrected chi connectivity index (χ4v) is 5.11. The molecule has 4 rings (SSSR count). The first-order valence-electron chi connectivity index (χ1n) is 10.4. The van der Waals surface area contributed by atoms with Crippen LogP contribution in [0.3, 0.4) is 0 Å². The Labute approximate surface area is 205 Å². The Balaban J connectivity index is 1.89. The predicted octanol–water partition coefficient (Wildman–Crippen LogP) is 6.35. The molecular formula is C25H22ClN3O4S. The summed E-state index contributed by atoms with van der Waals surface area (Å²) in [6.45, 7) is 0. The maximum atomic E-state index is 11.4. The van der Waals surface area contributed by atoms with E-state index in [1.54, 1.807) is 26.4 Å². The first-order valence-corrected chi connectivity index (χ1v) is 11.6. The van der Waals surface area contributed by atoms with Gasteiger partial charge in [0.05, 0.1) is 29.7 Å². The van der Waals surface area contributed by atoms with Crippen molar-refractivity contribution in [3.05, 3.63) is 98.7 Å². The number of rotatable bonds is 8. The van der Waals surface area contributed by atoms with E-state index >= 15 is 0 Å². The number of aromatic nitrogens is 1. The number of nitrogens with two attached hydrogens (primary N) is 1. The molecule has 0 bridgehead atoms. The van der Waals surface area contributed by atoms with E-state index in [1.807, 2.05) is 48.5 Å². The summed E-state index contributed by atoms with van der Waals surface area (Å²) in [6.07, 6.45) is 0.401. The highest BCUT2D eigenvalue weighted by Crippen LogP contribution is 2.43. The summed E-state index contributed by atoms with van der Waals surface area (Å²) in [5, 5.41) is 12.4. The number of nitrogens with zero attached hydrogens (tertiary/aromatic N) is 2. The van der Waals surface area contributed by atoms with Gasteiger partial charge in [-0.3, -0.25) is 10.1 Å². The Morgan fingerprint density at radius 1 is 1.09 bits per heavy atom. The van der Waals surface area contributed by atoms with E-state index in [9.17, 15) is 10.1 Å². The van der Waals surface area contributed by atoms with Crippen molar-refractivity contribution in [3.63, 3.8) is 0 Å². The standard InChI is InChI=1S/C25H22ClN3O4S/c1-32-18-10-7-15(8-11-18)20(14-16-13-17(29(30)31)9-12-22(16)33-2)23-24(34-25(27)28-23)19-5-3-4-6-21(19)26/h3-13,20H,14H2,1-2H3,(H2,27,28). The smallest absolute Gasteiger partial charge is 0.269 e.